The van der Waals surface area contributed by atoms with E-state index in [1.807, 2.05) is 0 Å². The molecule has 0 spiro atoms. The summed E-state index contributed by atoms with van der Waals surface area (Å²) in [6.45, 7) is 23.5. The van der Waals surface area contributed by atoms with E-state index >= 15 is 0 Å². The van der Waals surface area contributed by atoms with Gasteiger partial charge < -0.3 is 21.4 Å². The molecule has 23 heteroatoms. The summed E-state index contributed by atoms with van der Waals surface area (Å²) in [6.07, 6.45) is -3.01. The van der Waals surface area contributed by atoms with E-state index in [1.54, 1.807) is 61.4 Å². The van der Waals surface area contributed by atoms with Crippen molar-refractivity contribution in [2.24, 2.45) is 0 Å². The predicted octanol–water partition coefficient (Wildman–Crippen LogP) is 11.9. The van der Waals surface area contributed by atoms with Crippen LogP contribution in [0.25, 0.3) is 46.2 Å². The monoisotopic (exact) mass is 1010 g/mol. The number of Topliss-reactive ketones (excluding diaryl/α,β-unsaturated/α-hetero) is 1. The second kappa shape index (κ2) is 24.0. The minimum atomic E-state index is -4.63. The van der Waals surface area contributed by atoms with Crippen molar-refractivity contribution in [3.8, 4) is 31.7 Å². The number of aliphatic hydroxyl groups is 1. The largest absolute Gasteiger partial charge is 1.00 e. The van der Waals surface area contributed by atoms with E-state index in [0.29, 0.717) is 42.2 Å². The maximum atomic E-state index is 13.1. The van der Waals surface area contributed by atoms with E-state index < -0.39 is 57.9 Å². The molecule has 1 N–H and O–H groups in total. The molecule has 0 radical (unpaired) electrons. The molecule has 0 saturated carbocycles. The van der Waals surface area contributed by atoms with Gasteiger partial charge in [0.2, 0.25) is 0 Å². The molecule has 0 aliphatic heterocycles. The molecular formula is C47H28F9LiN8O2S3. The van der Waals surface area contributed by atoms with Gasteiger partial charge in [0.1, 0.15) is 15.6 Å². The van der Waals surface area contributed by atoms with Crippen LogP contribution in [0.2, 0.25) is 0 Å². The molecule has 0 amide bonds. The normalized spacial score (nSPS) is 11.7. The molecule has 5 aromatic heterocycles. The Hall–Kier alpha value is -7.08. The van der Waals surface area contributed by atoms with Gasteiger partial charge in [0.05, 0.1) is 41.3 Å². The summed E-state index contributed by atoms with van der Waals surface area (Å²) in [5, 5.41) is 16.5. The average Bonchev–Trinajstić information content (AvgIpc) is 4.17. The number of thiazole rings is 3. The molecule has 1 unspecified atom stereocenters. The first-order chi connectivity index (χ1) is 32.6. The topological polar surface area (TPSA) is 115 Å². The molecule has 8 aromatic rings. The molecule has 3 aromatic carbocycles. The molecule has 0 fully saturated rings. The number of halogens is 9. The number of hydrogen-bond acceptors (Lipinski definition) is 10. The second-order valence-corrected chi connectivity index (χ2v) is 16.5. The number of carbonyl (C=O) groups excluding carboxylic acids is 1. The SMILES string of the molecule is CC(=O)c1ccncc1.[C-]#[N+]c1ccc(-c2nc[c-]s2)cc1C(F)(F)F.[C-]#[N+]c1ccc(-c2ncc(C(C)(O)c3ccncc3)s2)cc1C(F)(F)F.[C-]#[N+]c1ccc(-c2nccs2)cc1C(F)(F)F.[Li+]. The number of nitrogens with zero attached hydrogens (tertiary/aromatic N) is 8. The molecule has 5 heterocycles. The Kier molecular flexibility index (Phi) is 19.0. The molecule has 0 saturated heterocycles. The van der Waals surface area contributed by atoms with E-state index in [1.165, 1.54) is 61.1 Å². The van der Waals surface area contributed by atoms with Crippen molar-refractivity contribution < 1.29 is 68.3 Å². The first-order valence-corrected chi connectivity index (χ1v) is 21.6. The summed E-state index contributed by atoms with van der Waals surface area (Å²) >= 11 is 3.47. The number of hydrogen-bond donors (Lipinski definition) is 1. The fraction of sp³-hybridized carbons (Fsp3) is 0.128. The van der Waals surface area contributed by atoms with Crippen molar-refractivity contribution in [1.29, 1.82) is 0 Å². The van der Waals surface area contributed by atoms with Gasteiger partial charge in [-0.15, -0.1) is 22.7 Å². The first-order valence-electron chi connectivity index (χ1n) is 19.1. The fourth-order valence-corrected chi connectivity index (χ4v) is 7.89. The van der Waals surface area contributed by atoms with Crippen LogP contribution in [0.5, 0.6) is 0 Å². The number of alkyl halides is 9. The third-order valence-corrected chi connectivity index (χ3v) is 12.0. The Morgan fingerprint density at radius 3 is 1.43 bits per heavy atom. The molecule has 1 atom stereocenters. The standard InChI is InChI=1S/C18H12F3N3OS.C11H5F3N2S.C11H4F3N2S.C7H7NO.Li/c1-17(25,12-5-7-23-8-6-12)15-10-24-16(26-15)11-3-4-14(22-2)13(9-11)18(19,20)21;2*1-15-9-3-2-7(10-16-4-5-17-10)6-8(9)11(12,13)14;1-6(9)7-2-4-8-5-3-7;/h3-10,25H,1H3;2-6H;2-4,6H;2-5H,1H3;/q;;-1;;+1. The predicted molar refractivity (Wildman–Crippen MR) is 242 cm³/mol. The molecule has 0 bridgehead atoms. The number of rotatable bonds is 6. The number of ketones is 1. The van der Waals surface area contributed by atoms with Gasteiger partial charge in [-0.3, -0.25) is 14.8 Å². The Morgan fingerprint density at radius 2 is 1.06 bits per heavy atom. The first kappa shape index (κ1) is 55.5. The van der Waals surface area contributed by atoms with Crippen LogP contribution in [0.1, 0.15) is 51.3 Å². The van der Waals surface area contributed by atoms with E-state index in [-0.39, 0.29) is 30.2 Å². The zero-order chi connectivity index (χ0) is 50.6. The summed E-state index contributed by atoms with van der Waals surface area (Å²) in [5.74, 6) is 0.0809. The van der Waals surface area contributed by atoms with Crippen molar-refractivity contribution in [2.45, 2.75) is 38.0 Å². The van der Waals surface area contributed by atoms with E-state index in [4.69, 9.17) is 19.7 Å². The van der Waals surface area contributed by atoms with Crippen molar-refractivity contribution >= 4 is 56.9 Å². The summed E-state index contributed by atoms with van der Waals surface area (Å²) in [6, 6.07) is 17.3. The van der Waals surface area contributed by atoms with Crippen LogP contribution in [-0.4, -0.2) is 35.8 Å². The van der Waals surface area contributed by atoms with E-state index in [2.05, 4.69) is 44.8 Å². The van der Waals surface area contributed by atoms with Gasteiger partial charge in [-0.25, -0.2) is 24.5 Å². The third kappa shape index (κ3) is 14.5. The molecule has 350 valence electrons. The Labute approximate surface area is 417 Å². The van der Waals surface area contributed by atoms with Crippen LogP contribution in [0.3, 0.4) is 0 Å². The molecule has 70 heavy (non-hydrogen) atoms. The summed E-state index contributed by atoms with van der Waals surface area (Å²) in [7, 11) is 0. The maximum absolute atomic E-state index is 13.1. The zero-order valence-electron chi connectivity index (χ0n) is 36.2. The van der Waals surface area contributed by atoms with Gasteiger partial charge in [-0.05, 0) is 48.7 Å². The number of pyridine rings is 2. The fourth-order valence-electron chi connectivity index (χ4n) is 5.71. The van der Waals surface area contributed by atoms with Crippen molar-refractivity contribution in [3.63, 3.8) is 0 Å². The summed E-state index contributed by atoms with van der Waals surface area (Å²) in [4.78, 5) is 39.4. The van der Waals surface area contributed by atoms with Gasteiger partial charge in [0.15, 0.2) is 22.8 Å². The van der Waals surface area contributed by atoms with Crippen molar-refractivity contribution in [2.75, 3.05) is 0 Å². The molecule has 0 aliphatic carbocycles. The van der Waals surface area contributed by atoms with Gasteiger partial charge in [-0.1, -0.05) is 66.4 Å². The van der Waals surface area contributed by atoms with Gasteiger partial charge in [-0.2, -0.15) is 44.9 Å². The molecule has 10 nitrogen and oxygen atoms in total. The van der Waals surface area contributed by atoms with Gasteiger partial charge >= 0.3 is 37.4 Å². The minimum absolute atomic E-state index is 0. The molecule has 8 rings (SSSR count). The number of aromatic nitrogens is 5. The quantitative estimate of drug-likeness (QED) is 0.0763. The Bertz CT molecular complexity index is 3020. The minimum Gasteiger partial charge on any atom is -0.380 e. The zero-order valence-corrected chi connectivity index (χ0v) is 38.6. The van der Waals surface area contributed by atoms with Crippen LogP contribution in [0.15, 0.2) is 128 Å². The van der Waals surface area contributed by atoms with Crippen LogP contribution >= 0.6 is 34.0 Å². The Morgan fingerprint density at radius 1 is 0.614 bits per heavy atom. The average molecular weight is 1010 g/mol. The number of benzene rings is 3. The van der Waals surface area contributed by atoms with E-state index in [9.17, 15) is 49.4 Å². The molecular weight excluding hydrogens is 983 g/mol. The van der Waals surface area contributed by atoms with E-state index in [0.717, 1.165) is 53.0 Å². The maximum Gasteiger partial charge on any atom is 1.00 e. The van der Waals surface area contributed by atoms with Crippen LogP contribution < -0.4 is 18.9 Å². The van der Waals surface area contributed by atoms with Crippen LogP contribution in [0.4, 0.5) is 56.6 Å². The molecule has 0 aliphatic rings. The number of carbonyl (C=O) groups is 1. The van der Waals surface area contributed by atoms with Crippen LogP contribution in [-0.2, 0) is 24.1 Å². The van der Waals surface area contributed by atoms with Gasteiger partial charge in [0.25, 0.3) is 0 Å². The second-order valence-electron chi connectivity index (χ2n) is 13.8. The van der Waals surface area contributed by atoms with Crippen molar-refractivity contribution in [1.82, 2.24) is 24.9 Å². The Balaban J connectivity index is 0.000000214. The smallest absolute Gasteiger partial charge is 0.380 e. The third-order valence-electron chi connectivity index (χ3n) is 9.15. The summed E-state index contributed by atoms with van der Waals surface area (Å²) in [5.41, 5.74) is -3.17. The van der Waals surface area contributed by atoms with Gasteiger partial charge in [0, 0.05) is 59.3 Å². The van der Waals surface area contributed by atoms with Crippen molar-refractivity contribution in [3.05, 3.63) is 200 Å². The summed E-state index contributed by atoms with van der Waals surface area (Å²) < 4.78 is 116. The van der Waals surface area contributed by atoms with Crippen LogP contribution in [0, 0.1) is 25.1 Å².